The Hall–Kier alpha value is -2.06. The molecule has 0 aliphatic rings. The molecule has 0 aliphatic heterocycles. The number of aryl methyl sites for hydroxylation is 2. The molecule has 3 heterocycles. The number of aromatic nitrogens is 4. The zero-order chi connectivity index (χ0) is 14.1. The van der Waals surface area contributed by atoms with Gasteiger partial charge in [-0.2, -0.15) is 5.10 Å². The molecule has 102 valence electrons. The van der Waals surface area contributed by atoms with Crippen molar-refractivity contribution in [3.63, 3.8) is 0 Å². The van der Waals surface area contributed by atoms with Crippen LogP contribution in [0.4, 0.5) is 5.13 Å². The predicted octanol–water partition coefficient (Wildman–Crippen LogP) is 2.56. The summed E-state index contributed by atoms with van der Waals surface area (Å²) in [6.07, 6.45) is 0. The highest BCUT2D eigenvalue weighted by molar-refractivity contribution is 7.15. The quantitative estimate of drug-likeness (QED) is 0.807. The van der Waals surface area contributed by atoms with Crippen molar-refractivity contribution in [3.05, 3.63) is 34.3 Å². The number of hydrogen-bond acceptors (Lipinski definition) is 6. The summed E-state index contributed by atoms with van der Waals surface area (Å²) >= 11 is 2.93. The van der Waals surface area contributed by atoms with Crippen LogP contribution in [0.5, 0.6) is 0 Å². The second-order valence-electron chi connectivity index (χ2n) is 4.10. The van der Waals surface area contributed by atoms with Gasteiger partial charge in [-0.05, 0) is 24.4 Å². The summed E-state index contributed by atoms with van der Waals surface area (Å²) in [5.74, 6) is -0.237. The van der Waals surface area contributed by atoms with Gasteiger partial charge in [-0.3, -0.25) is 14.8 Å². The topological polar surface area (TPSA) is 72.7 Å². The Bertz CT molecular complexity index is 744. The number of carbonyl (C=O) groups is 1. The number of carbonyl (C=O) groups excluding carboxylic acids is 1. The molecule has 8 heteroatoms. The fourth-order valence-corrected chi connectivity index (χ4v) is 3.00. The van der Waals surface area contributed by atoms with Crippen molar-refractivity contribution in [3.8, 4) is 10.6 Å². The summed E-state index contributed by atoms with van der Waals surface area (Å²) in [6.45, 7) is 1.84. The van der Waals surface area contributed by atoms with Crippen molar-refractivity contribution in [1.82, 2.24) is 20.0 Å². The Labute approximate surface area is 123 Å². The molecule has 0 atom stereocenters. The van der Waals surface area contributed by atoms with Gasteiger partial charge in [-0.25, -0.2) is 0 Å². The van der Waals surface area contributed by atoms with Crippen LogP contribution in [0.25, 0.3) is 10.6 Å². The molecule has 0 aliphatic carbocycles. The van der Waals surface area contributed by atoms with E-state index in [1.165, 1.54) is 11.3 Å². The minimum atomic E-state index is -0.237. The van der Waals surface area contributed by atoms with Gasteiger partial charge in [0.05, 0.1) is 4.88 Å². The minimum absolute atomic E-state index is 0.237. The van der Waals surface area contributed by atoms with E-state index >= 15 is 0 Å². The summed E-state index contributed by atoms with van der Waals surface area (Å²) in [6, 6.07) is 5.70. The smallest absolute Gasteiger partial charge is 0.275 e. The molecule has 0 saturated heterocycles. The third kappa shape index (κ3) is 2.47. The van der Waals surface area contributed by atoms with Gasteiger partial charge in [0, 0.05) is 7.05 Å². The fraction of sp³-hybridized carbons (Fsp3) is 0.167. The number of nitrogens with zero attached hydrogens (tertiary/aromatic N) is 4. The Morgan fingerprint density at radius 3 is 2.90 bits per heavy atom. The van der Waals surface area contributed by atoms with Crippen LogP contribution in [0.1, 0.15) is 15.5 Å². The summed E-state index contributed by atoms with van der Waals surface area (Å²) in [4.78, 5) is 13.2. The maximum Gasteiger partial charge on any atom is 0.275 e. The summed E-state index contributed by atoms with van der Waals surface area (Å²) < 4.78 is 1.57. The lowest BCUT2D eigenvalue weighted by Gasteiger charge is -2.00. The molecule has 0 bridgehead atoms. The van der Waals surface area contributed by atoms with Crippen LogP contribution >= 0.6 is 22.7 Å². The minimum Gasteiger partial charge on any atom is -0.295 e. The molecule has 1 N–H and O–H groups in total. The molecule has 6 nitrogen and oxygen atoms in total. The van der Waals surface area contributed by atoms with Crippen molar-refractivity contribution in [2.24, 2.45) is 7.05 Å². The third-order valence-electron chi connectivity index (χ3n) is 2.63. The van der Waals surface area contributed by atoms with E-state index < -0.39 is 0 Å². The molecule has 0 aromatic carbocycles. The molecular weight excluding hydrogens is 294 g/mol. The van der Waals surface area contributed by atoms with Crippen LogP contribution in [-0.4, -0.2) is 25.9 Å². The first-order valence-electron chi connectivity index (χ1n) is 5.83. The van der Waals surface area contributed by atoms with Gasteiger partial charge in [0.2, 0.25) is 5.13 Å². The van der Waals surface area contributed by atoms with Gasteiger partial charge in [-0.15, -0.1) is 21.5 Å². The Kier molecular flexibility index (Phi) is 3.33. The molecule has 0 radical (unpaired) electrons. The number of rotatable bonds is 3. The monoisotopic (exact) mass is 305 g/mol. The molecule has 0 saturated carbocycles. The second kappa shape index (κ2) is 5.14. The predicted molar refractivity (Wildman–Crippen MR) is 79.1 cm³/mol. The van der Waals surface area contributed by atoms with Gasteiger partial charge in [0.25, 0.3) is 5.91 Å². The SMILES string of the molecule is Cc1nnc(NC(=O)c2cc(-c3cccs3)nn2C)s1. The van der Waals surface area contributed by atoms with Crippen LogP contribution in [0.15, 0.2) is 23.6 Å². The summed E-state index contributed by atoms with van der Waals surface area (Å²) in [5.41, 5.74) is 1.28. The lowest BCUT2D eigenvalue weighted by molar-refractivity contribution is 0.101. The molecule has 3 rings (SSSR count). The Balaban J connectivity index is 1.85. The molecule has 3 aromatic rings. The standard InChI is InChI=1S/C12H11N5OS2/c1-7-14-15-12(20-7)13-11(18)9-6-8(16-17(9)2)10-4-3-5-19-10/h3-6H,1-2H3,(H,13,15,18). The molecule has 20 heavy (non-hydrogen) atoms. The first-order chi connectivity index (χ1) is 9.63. The van der Waals surface area contributed by atoms with Crippen molar-refractivity contribution < 1.29 is 4.79 Å². The van der Waals surface area contributed by atoms with Gasteiger partial charge in [0.1, 0.15) is 16.4 Å². The van der Waals surface area contributed by atoms with Crippen molar-refractivity contribution in [2.45, 2.75) is 6.92 Å². The van der Waals surface area contributed by atoms with Gasteiger partial charge in [0.15, 0.2) is 0 Å². The Morgan fingerprint density at radius 1 is 1.40 bits per heavy atom. The first kappa shape index (κ1) is 12.9. The average Bonchev–Trinajstić information content (AvgIpc) is 3.09. The number of thiophene rings is 1. The number of nitrogens with one attached hydrogen (secondary N) is 1. The van der Waals surface area contributed by atoms with Gasteiger partial charge in [-0.1, -0.05) is 17.4 Å². The molecule has 3 aromatic heterocycles. The van der Waals surface area contributed by atoms with Crippen LogP contribution in [0, 0.1) is 6.92 Å². The Morgan fingerprint density at radius 2 is 2.25 bits per heavy atom. The van der Waals surface area contributed by atoms with Crippen molar-refractivity contribution >= 4 is 33.7 Å². The maximum absolute atomic E-state index is 12.2. The van der Waals surface area contributed by atoms with E-state index in [0.29, 0.717) is 10.8 Å². The largest absolute Gasteiger partial charge is 0.295 e. The first-order valence-corrected chi connectivity index (χ1v) is 7.52. The van der Waals surface area contributed by atoms with Gasteiger partial charge < -0.3 is 0 Å². The van der Waals surface area contributed by atoms with Crippen LogP contribution in [0.3, 0.4) is 0 Å². The van der Waals surface area contributed by atoms with E-state index in [0.717, 1.165) is 15.6 Å². The van der Waals surface area contributed by atoms with Crippen molar-refractivity contribution in [1.29, 1.82) is 0 Å². The van der Waals surface area contributed by atoms with Crippen LogP contribution in [0.2, 0.25) is 0 Å². The van der Waals surface area contributed by atoms with E-state index in [1.807, 2.05) is 24.4 Å². The summed E-state index contributed by atoms with van der Waals surface area (Å²) in [7, 11) is 1.75. The lowest BCUT2D eigenvalue weighted by atomic mass is 10.3. The van der Waals surface area contributed by atoms with Crippen molar-refractivity contribution in [2.75, 3.05) is 5.32 Å². The molecule has 0 unspecified atom stereocenters. The zero-order valence-electron chi connectivity index (χ0n) is 10.8. The summed E-state index contributed by atoms with van der Waals surface area (Å²) in [5, 5.41) is 18.1. The van der Waals surface area contributed by atoms with Crippen LogP contribution < -0.4 is 5.32 Å². The molecular formula is C12H11N5OS2. The van der Waals surface area contributed by atoms with E-state index in [-0.39, 0.29) is 5.91 Å². The molecule has 0 fully saturated rings. The lowest BCUT2D eigenvalue weighted by Crippen LogP contribution is -2.15. The van der Waals surface area contributed by atoms with E-state index in [2.05, 4.69) is 20.6 Å². The van der Waals surface area contributed by atoms with E-state index in [1.54, 1.807) is 29.1 Å². The third-order valence-corrected chi connectivity index (χ3v) is 4.28. The number of amides is 1. The highest BCUT2D eigenvalue weighted by atomic mass is 32.1. The number of hydrogen-bond donors (Lipinski definition) is 1. The fourth-order valence-electron chi connectivity index (χ4n) is 1.73. The van der Waals surface area contributed by atoms with Gasteiger partial charge >= 0.3 is 0 Å². The molecule has 1 amide bonds. The average molecular weight is 305 g/mol. The van der Waals surface area contributed by atoms with E-state index in [4.69, 9.17) is 0 Å². The van der Waals surface area contributed by atoms with Crippen LogP contribution in [-0.2, 0) is 7.05 Å². The molecule has 0 spiro atoms. The highest BCUT2D eigenvalue weighted by Gasteiger charge is 2.16. The zero-order valence-corrected chi connectivity index (χ0v) is 12.5. The maximum atomic E-state index is 12.2. The highest BCUT2D eigenvalue weighted by Crippen LogP contribution is 2.24. The number of anilines is 1. The second-order valence-corrected chi connectivity index (χ2v) is 6.23. The normalized spacial score (nSPS) is 10.7. The van der Waals surface area contributed by atoms with E-state index in [9.17, 15) is 4.79 Å².